The van der Waals surface area contributed by atoms with Gasteiger partial charge in [-0.2, -0.15) is 0 Å². The van der Waals surface area contributed by atoms with Gasteiger partial charge in [0.2, 0.25) is 0 Å². The van der Waals surface area contributed by atoms with Gasteiger partial charge in [-0.15, -0.1) is 0 Å². The van der Waals surface area contributed by atoms with E-state index in [0.29, 0.717) is 12.0 Å². The fourth-order valence-corrected chi connectivity index (χ4v) is 1.90. The van der Waals surface area contributed by atoms with Crippen LogP contribution in [0.3, 0.4) is 0 Å². The predicted molar refractivity (Wildman–Crippen MR) is 73.9 cm³/mol. The van der Waals surface area contributed by atoms with Crippen LogP contribution in [0.15, 0.2) is 18.2 Å². The number of methoxy groups -OCH3 is 1. The summed E-state index contributed by atoms with van der Waals surface area (Å²) in [5, 5.41) is 3.44. The molecule has 0 fully saturated rings. The molecule has 17 heavy (non-hydrogen) atoms. The average molecular weight is 235 g/mol. The van der Waals surface area contributed by atoms with Crippen molar-refractivity contribution in [1.82, 2.24) is 5.32 Å². The molecule has 1 aromatic rings. The van der Waals surface area contributed by atoms with Crippen molar-refractivity contribution in [3.63, 3.8) is 0 Å². The minimum Gasteiger partial charge on any atom is -0.496 e. The van der Waals surface area contributed by atoms with Crippen molar-refractivity contribution < 1.29 is 4.74 Å². The molecule has 0 aliphatic carbocycles. The summed E-state index contributed by atoms with van der Waals surface area (Å²) in [5.74, 6) is 1.50. The number of hydrogen-bond donors (Lipinski definition) is 1. The molecule has 1 rings (SSSR count). The molecule has 2 nitrogen and oxygen atoms in total. The molecule has 0 atom stereocenters. The minimum atomic E-state index is 0.503. The molecule has 0 saturated carbocycles. The Kier molecular flexibility index (Phi) is 5.49. The van der Waals surface area contributed by atoms with E-state index >= 15 is 0 Å². The number of hydrogen-bond acceptors (Lipinski definition) is 2. The van der Waals surface area contributed by atoms with Crippen molar-refractivity contribution in [2.75, 3.05) is 13.7 Å². The Morgan fingerprint density at radius 2 is 1.88 bits per heavy atom. The Labute approximate surface area is 105 Å². The highest BCUT2D eigenvalue weighted by Gasteiger charge is 2.08. The topological polar surface area (TPSA) is 21.3 Å². The summed E-state index contributed by atoms with van der Waals surface area (Å²) in [7, 11) is 1.74. The zero-order chi connectivity index (χ0) is 12.8. The Hall–Kier alpha value is -1.02. The first kappa shape index (κ1) is 14.0. The van der Waals surface area contributed by atoms with Crippen LogP contribution in [0.2, 0.25) is 0 Å². The Morgan fingerprint density at radius 1 is 1.18 bits per heavy atom. The maximum absolute atomic E-state index is 5.39. The fraction of sp³-hybridized carbons (Fsp3) is 0.600. The zero-order valence-corrected chi connectivity index (χ0v) is 11.7. The van der Waals surface area contributed by atoms with E-state index < -0.39 is 0 Å². The third-order valence-corrected chi connectivity index (χ3v) is 2.88. The fourth-order valence-electron chi connectivity index (χ4n) is 1.90. The molecule has 0 heterocycles. The van der Waals surface area contributed by atoms with Crippen LogP contribution in [0.5, 0.6) is 5.75 Å². The molecule has 96 valence electrons. The van der Waals surface area contributed by atoms with Crippen molar-refractivity contribution in [3.05, 3.63) is 29.3 Å². The molecular weight excluding hydrogens is 210 g/mol. The van der Waals surface area contributed by atoms with Crippen LogP contribution in [0, 0.1) is 0 Å². The molecule has 0 bridgehead atoms. The smallest absolute Gasteiger partial charge is 0.122 e. The summed E-state index contributed by atoms with van der Waals surface area (Å²) in [4.78, 5) is 0. The number of rotatable bonds is 6. The lowest BCUT2D eigenvalue weighted by Crippen LogP contribution is -2.24. The second kappa shape index (κ2) is 6.65. The van der Waals surface area contributed by atoms with Crippen molar-refractivity contribution in [1.29, 1.82) is 0 Å². The summed E-state index contributed by atoms with van der Waals surface area (Å²) in [6.07, 6.45) is 1.07. The van der Waals surface area contributed by atoms with Crippen LogP contribution >= 0.6 is 0 Å². The molecule has 0 amide bonds. The highest BCUT2D eigenvalue weighted by Crippen LogP contribution is 2.27. The van der Waals surface area contributed by atoms with E-state index in [1.165, 1.54) is 11.1 Å². The molecule has 0 saturated heterocycles. The first-order valence-corrected chi connectivity index (χ1v) is 6.44. The van der Waals surface area contributed by atoms with Crippen LogP contribution in [0.4, 0.5) is 0 Å². The largest absolute Gasteiger partial charge is 0.496 e. The van der Waals surface area contributed by atoms with Crippen LogP contribution in [-0.2, 0) is 6.42 Å². The quantitative estimate of drug-likeness (QED) is 0.816. The van der Waals surface area contributed by atoms with Crippen molar-refractivity contribution in [2.45, 2.75) is 46.1 Å². The van der Waals surface area contributed by atoms with Crippen LogP contribution in [0.1, 0.15) is 44.7 Å². The van der Waals surface area contributed by atoms with E-state index in [2.05, 4.69) is 51.2 Å². The van der Waals surface area contributed by atoms with Gasteiger partial charge in [-0.1, -0.05) is 39.8 Å². The lowest BCUT2D eigenvalue weighted by Gasteiger charge is -2.14. The molecular formula is C15H25NO. The summed E-state index contributed by atoms with van der Waals surface area (Å²) in [5.41, 5.74) is 2.68. The maximum Gasteiger partial charge on any atom is 0.122 e. The van der Waals surface area contributed by atoms with Gasteiger partial charge >= 0.3 is 0 Å². The Morgan fingerprint density at radius 3 is 2.41 bits per heavy atom. The summed E-state index contributed by atoms with van der Waals surface area (Å²) in [6, 6.07) is 7.07. The van der Waals surface area contributed by atoms with Gasteiger partial charge in [-0.05, 0) is 36.1 Å². The SMILES string of the molecule is COc1ccc(CCNC(C)C)cc1C(C)C. The van der Waals surface area contributed by atoms with Crippen molar-refractivity contribution >= 4 is 0 Å². The standard InChI is InChI=1S/C15H25NO/c1-11(2)14-10-13(6-7-15(14)17-5)8-9-16-12(3)4/h6-7,10-12,16H,8-9H2,1-5H3. The van der Waals surface area contributed by atoms with Gasteiger partial charge in [0.1, 0.15) is 5.75 Å². The van der Waals surface area contributed by atoms with Gasteiger partial charge < -0.3 is 10.1 Å². The third kappa shape index (κ3) is 4.39. The van der Waals surface area contributed by atoms with E-state index in [1.54, 1.807) is 7.11 Å². The van der Waals surface area contributed by atoms with Gasteiger partial charge in [0.25, 0.3) is 0 Å². The number of benzene rings is 1. The minimum absolute atomic E-state index is 0.503. The second-order valence-electron chi connectivity index (χ2n) is 5.09. The lowest BCUT2D eigenvalue weighted by molar-refractivity contribution is 0.407. The zero-order valence-electron chi connectivity index (χ0n) is 11.7. The van der Waals surface area contributed by atoms with Gasteiger partial charge in [-0.25, -0.2) is 0 Å². The van der Waals surface area contributed by atoms with Crippen LogP contribution in [-0.4, -0.2) is 19.7 Å². The van der Waals surface area contributed by atoms with Crippen molar-refractivity contribution in [3.8, 4) is 5.75 Å². The lowest BCUT2D eigenvalue weighted by atomic mass is 9.98. The van der Waals surface area contributed by atoms with E-state index in [4.69, 9.17) is 4.74 Å². The predicted octanol–water partition coefficient (Wildman–Crippen LogP) is 3.36. The number of ether oxygens (including phenoxy) is 1. The van der Waals surface area contributed by atoms with Gasteiger partial charge in [0.05, 0.1) is 7.11 Å². The van der Waals surface area contributed by atoms with Gasteiger partial charge in [0, 0.05) is 6.04 Å². The van der Waals surface area contributed by atoms with E-state index in [-0.39, 0.29) is 0 Å². The van der Waals surface area contributed by atoms with Gasteiger partial charge in [0.15, 0.2) is 0 Å². The maximum atomic E-state index is 5.39. The van der Waals surface area contributed by atoms with E-state index in [0.717, 1.165) is 18.7 Å². The molecule has 0 aliphatic rings. The normalized spacial score (nSPS) is 11.2. The molecule has 0 aliphatic heterocycles. The third-order valence-electron chi connectivity index (χ3n) is 2.88. The highest BCUT2D eigenvalue weighted by molar-refractivity contribution is 5.39. The second-order valence-corrected chi connectivity index (χ2v) is 5.09. The summed E-state index contributed by atoms with van der Waals surface area (Å²) >= 11 is 0. The molecule has 2 heteroatoms. The molecule has 1 aromatic carbocycles. The van der Waals surface area contributed by atoms with E-state index in [1.807, 2.05) is 0 Å². The van der Waals surface area contributed by atoms with Crippen LogP contribution in [0.25, 0.3) is 0 Å². The Bertz CT molecular complexity index is 345. The summed E-state index contributed by atoms with van der Waals surface area (Å²) in [6.45, 7) is 9.78. The molecule has 1 N–H and O–H groups in total. The molecule has 0 radical (unpaired) electrons. The molecule has 0 unspecified atom stereocenters. The van der Waals surface area contributed by atoms with Crippen molar-refractivity contribution in [2.24, 2.45) is 0 Å². The first-order valence-electron chi connectivity index (χ1n) is 6.44. The number of nitrogens with one attached hydrogen (secondary N) is 1. The molecule has 0 aromatic heterocycles. The average Bonchev–Trinajstić information content (AvgIpc) is 2.28. The Balaban J connectivity index is 2.71. The molecule has 0 spiro atoms. The highest BCUT2D eigenvalue weighted by atomic mass is 16.5. The monoisotopic (exact) mass is 235 g/mol. The van der Waals surface area contributed by atoms with Crippen LogP contribution < -0.4 is 10.1 Å². The summed E-state index contributed by atoms with van der Waals surface area (Å²) < 4.78 is 5.39. The first-order chi connectivity index (χ1) is 8.04. The van der Waals surface area contributed by atoms with Gasteiger partial charge in [-0.3, -0.25) is 0 Å². The van der Waals surface area contributed by atoms with E-state index in [9.17, 15) is 0 Å².